The molecule has 7 aromatic rings. The third kappa shape index (κ3) is 4.57. The molecule has 4 saturated carbocycles. The van der Waals surface area contributed by atoms with Gasteiger partial charge in [-0.2, -0.15) is 0 Å². The SMILES string of the molecule is C=C/C=C\C1=C(C)C2(c3cccc(N(c4ccc(-c5ccc6c(ccc7ccccc76)c5)cc4)c4cccc5ccccc45)c31)C1CC3CC(C1)CC2C3. The number of allylic oxidation sites excluding steroid dienone is 5. The van der Waals surface area contributed by atoms with E-state index in [0.717, 1.165) is 23.7 Å². The van der Waals surface area contributed by atoms with Crippen LogP contribution in [-0.4, -0.2) is 0 Å². The molecule has 12 rings (SSSR count). The Hall–Kier alpha value is -5.66. The van der Waals surface area contributed by atoms with E-state index in [2.05, 4.69) is 170 Å². The quantitative estimate of drug-likeness (QED) is 0.124. The molecule has 7 aromatic carbocycles. The Balaban J connectivity index is 1.10. The molecule has 4 bridgehead atoms. The highest BCUT2D eigenvalue weighted by molar-refractivity contribution is 6.08. The summed E-state index contributed by atoms with van der Waals surface area (Å²) in [7, 11) is 0. The van der Waals surface area contributed by atoms with E-state index in [0.29, 0.717) is 0 Å². The highest BCUT2D eigenvalue weighted by atomic mass is 15.1. The first-order valence-electron chi connectivity index (χ1n) is 20.1. The van der Waals surface area contributed by atoms with Gasteiger partial charge in [0.05, 0.1) is 11.4 Å². The van der Waals surface area contributed by atoms with Crippen LogP contribution < -0.4 is 4.90 Å². The highest BCUT2D eigenvalue weighted by Gasteiger charge is 2.61. The Bertz CT molecular complexity index is 2670. The second-order valence-electron chi connectivity index (χ2n) is 16.6. The van der Waals surface area contributed by atoms with Crippen LogP contribution in [0.15, 0.2) is 170 Å². The van der Waals surface area contributed by atoms with Gasteiger partial charge >= 0.3 is 0 Å². The van der Waals surface area contributed by atoms with E-state index in [1.54, 1.807) is 11.1 Å². The number of benzene rings is 7. The molecule has 0 aromatic heterocycles. The summed E-state index contributed by atoms with van der Waals surface area (Å²) in [4.78, 5) is 2.56. The van der Waals surface area contributed by atoms with Crippen molar-refractivity contribution in [3.63, 3.8) is 0 Å². The van der Waals surface area contributed by atoms with E-state index in [9.17, 15) is 0 Å². The zero-order valence-corrected chi connectivity index (χ0v) is 31.0. The van der Waals surface area contributed by atoms with Crippen LogP contribution in [0.25, 0.3) is 49.0 Å². The van der Waals surface area contributed by atoms with E-state index < -0.39 is 0 Å². The molecule has 0 aliphatic heterocycles. The summed E-state index contributed by atoms with van der Waals surface area (Å²) in [5, 5.41) is 7.67. The van der Waals surface area contributed by atoms with Gasteiger partial charge in [-0.1, -0.05) is 140 Å². The van der Waals surface area contributed by atoms with Gasteiger partial charge in [0, 0.05) is 22.1 Å². The minimum atomic E-state index is 0.120. The summed E-state index contributed by atoms with van der Waals surface area (Å²) in [6.45, 7) is 6.59. The fourth-order valence-electron chi connectivity index (χ4n) is 12.1. The largest absolute Gasteiger partial charge is 0.309 e. The molecule has 0 N–H and O–H groups in total. The van der Waals surface area contributed by atoms with Crippen molar-refractivity contribution in [3.05, 3.63) is 181 Å². The lowest BCUT2D eigenvalue weighted by Crippen LogP contribution is -2.55. The standard InChI is InChI=1S/C53H45N/c1-3-4-14-45-34(2)53(42-29-35-28-36(31-42)32-43(53)30-35)49-17-10-19-51(52(45)49)54(50-18-9-13-38-11-6-8-16-48(38)50)44-25-22-37(23-26-44)40-24-27-47-41(33-40)21-20-39-12-5-7-15-46(39)47/h3-27,33,35-36,42-43H,1,28-32H2,2H3/b14-4-. The molecule has 0 atom stereocenters. The zero-order valence-electron chi connectivity index (χ0n) is 31.0. The summed E-state index contributed by atoms with van der Waals surface area (Å²) in [5.41, 5.74) is 12.2. The normalized spacial score (nSPS) is 24.0. The number of hydrogen-bond donors (Lipinski definition) is 0. The third-order valence-electron chi connectivity index (χ3n) is 14.1. The van der Waals surface area contributed by atoms with Crippen LogP contribution in [-0.2, 0) is 5.41 Å². The van der Waals surface area contributed by atoms with Crippen LogP contribution in [0.5, 0.6) is 0 Å². The maximum atomic E-state index is 4.11. The zero-order chi connectivity index (χ0) is 36.0. The van der Waals surface area contributed by atoms with Crippen LogP contribution in [0, 0.1) is 23.7 Å². The lowest BCUT2D eigenvalue weighted by atomic mass is 9.43. The van der Waals surface area contributed by atoms with Crippen LogP contribution in [0.3, 0.4) is 0 Å². The molecular weight excluding hydrogens is 651 g/mol. The maximum absolute atomic E-state index is 4.11. The number of nitrogens with zero attached hydrogens (tertiary/aromatic N) is 1. The molecule has 54 heavy (non-hydrogen) atoms. The molecule has 1 nitrogen and oxygen atoms in total. The van der Waals surface area contributed by atoms with Crippen molar-refractivity contribution < 1.29 is 0 Å². The first-order chi connectivity index (χ1) is 26.6. The first kappa shape index (κ1) is 31.8. The average molecular weight is 696 g/mol. The summed E-state index contributed by atoms with van der Waals surface area (Å²) in [6, 6.07) is 52.3. The number of anilines is 3. The van der Waals surface area contributed by atoms with E-state index in [4.69, 9.17) is 0 Å². The molecule has 0 unspecified atom stereocenters. The van der Waals surface area contributed by atoms with Crippen LogP contribution in [0.4, 0.5) is 17.1 Å². The van der Waals surface area contributed by atoms with Gasteiger partial charge in [-0.05, 0) is 142 Å². The number of fused-ring (bicyclic) bond motifs is 5. The molecule has 0 radical (unpaired) electrons. The van der Waals surface area contributed by atoms with Gasteiger partial charge in [0.15, 0.2) is 0 Å². The van der Waals surface area contributed by atoms with Crippen molar-refractivity contribution in [2.24, 2.45) is 23.7 Å². The van der Waals surface area contributed by atoms with Crippen molar-refractivity contribution in [1.29, 1.82) is 0 Å². The Morgan fingerprint density at radius 3 is 1.94 bits per heavy atom. The lowest BCUT2D eigenvalue weighted by molar-refractivity contribution is -0.0420. The molecule has 5 aliphatic rings. The van der Waals surface area contributed by atoms with Crippen LogP contribution in [0.1, 0.15) is 50.2 Å². The number of rotatable bonds is 6. The first-order valence-corrected chi connectivity index (χ1v) is 20.1. The summed E-state index contributed by atoms with van der Waals surface area (Å²) >= 11 is 0. The van der Waals surface area contributed by atoms with Crippen molar-refractivity contribution in [3.8, 4) is 11.1 Å². The van der Waals surface area contributed by atoms with Gasteiger partial charge in [-0.15, -0.1) is 0 Å². The van der Waals surface area contributed by atoms with Crippen molar-refractivity contribution in [2.75, 3.05) is 4.90 Å². The van der Waals surface area contributed by atoms with Gasteiger partial charge < -0.3 is 4.90 Å². The minimum absolute atomic E-state index is 0.120. The van der Waals surface area contributed by atoms with Gasteiger partial charge in [-0.25, -0.2) is 0 Å². The summed E-state index contributed by atoms with van der Waals surface area (Å²) in [5.74, 6) is 3.28. The second-order valence-corrected chi connectivity index (χ2v) is 16.6. The molecule has 1 heteroatoms. The van der Waals surface area contributed by atoms with E-state index in [-0.39, 0.29) is 5.41 Å². The molecule has 5 aliphatic carbocycles. The predicted molar refractivity (Wildman–Crippen MR) is 230 cm³/mol. The van der Waals surface area contributed by atoms with Gasteiger partial charge in [0.1, 0.15) is 0 Å². The molecular formula is C53H45N. The van der Waals surface area contributed by atoms with Crippen LogP contribution >= 0.6 is 0 Å². The van der Waals surface area contributed by atoms with E-state index in [1.807, 2.05) is 6.08 Å². The highest BCUT2D eigenvalue weighted by Crippen LogP contribution is 2.69. The Morgan fingerprint density at radius 1 is 0.574 bits per heavy atom. The maximum Gasteiger partial charge on any atom is 0.0543 e. The fraction of sp³-hybridized carbons (Fsp3) is 0.208. The van der Waals surface area contributed by atoms with E-state index in [1.165, 1.54) is 104 Å². The Kier molecular flexibility index (Phi) is 7.18. The minimum Gasteiger partial charge on any atom is -0.309 e. The smallest absolute Gasteiger partial charge is 0.0543 e. The lowest BCUT2D eigenvalue weighted by Gasteiger charge is -2.61. The van der Waals surface area contributed by atoms with Gasteiger partial charge in [0.2, 0.25) is 0 Å². The average Bonchev–Trinajstić information content (AvgIpc) is 3.46. The second kappa shape index (κ2) is 12.2. The molecule has 0 amide bonds. The molecule has 262 valence electrons. The van der Waals surface area contributed by atoms with Gasteiger partial charge in [0.25, 0.3) is 0 Å². The number of hydrogen-bond acceptors (Lipinski definition) is 1. The molecule has 0 heterocycles. The van der Waals surface area contributed by atoms with Crippen molar-refractivity contribution in [1.82, 2.24) is 0 Å². The topological polar surface area (TPSA) is 3.24 Å². The summed E-state index contributed by atoms with van der Waals surface area (Å²) in [6.07, 6.45) is 13.5. The fourth-order valence-corrected chi connectivity index (χ4v) is 12.1. The van der Waals surface area contributed by atoms with Crippen LogP contribution in [0.2, 0.25) is 0 Å². The van der Waals surface area contributed by atoms with Crippen molar-refractivity contribution in [2.45, 2.75) is 44.4 Å². The predicted octanol–water partition coefficient (Wildman–Crippen LogP) is 14.5. The molecule has 4 fully saturated rings. The summed E-state index contributed by atoms with van der Waals surface area (Å²) < 4.78 is 0. The monoisotopic (exact) mass is 695 g/mol. The van der Waals surface area contributed by atoms with Crippen molar-refractivity contribution >= 4 is 55.0 Å². The Morgan fingerprint density at radius 2 is 1.19 bits per heavy atom. The van der Waals surface area contributed by atoms with Gasteiger partial charge in [-0.3, -0.25) is 0 Å². The molecule has 0 saturated heterocycles. The third-order valence-corrected chi connectivity index (χ3v) is 14.1. The molecule has 1 spiro atoms. The Labute approximate surface area is 319 Å². The van der Waals surface area contributed by atoms with E-state index >= 15 is 0 Å².